The highest BCUT2D eigenvalue weighted by atomic mass is 19.1. The summed E-state index contributed by atoms with van der Waals surface area (Å²) in [5, 5.41) is 0. The Labute approximate surface area is 127 Å². The monoisotopic (exact) mass is 302 g/mol. The van der Waals surface area contributed by atoms with Crippen LogP contribution in [0.25, 0.3) is 0 Å². The molecule has 2 rings (SSSR count). The van der Waals surface area contributed by atoms with E-state index >= 15 is 0 Å². The van der Waals surface area contributed by atoms with Crippen LogP contribution in [0.15, 0.2) is 36.4 Å². The molecule has 5 heteroatoms. The van der Waals surface area contributed by atoms with E-state index < -0.39 is 17.6 Å². The summed E-state index contributed by atoms with van der Waals surface area (Å²) >= 11 is 0. The van der Waals surface area contributed by atoms with Crippen LogP contribution in [-0.2, 0) is 4.79 Å². The molecule has 0 saturated heterocycles. The molecule has 0 amide bonds. The van der Waals surface area contributed by atoms with Gasteiger partial charge in [-0.05, 0) is 36.8 Å². The van der Waals surface area contributed by atoms with Crippen LogP contribution in [0, 0.1) is 12.7 Å². The molecule has 0 unspecified atom stereocenters. The Kier molecular flexibility index (Phi) is 4.56. The second-order valence-corrected chi connectivity index (χ2v) is 4.72. The van der Waals surface area contributed by atoms with Gasteiger partial charge in [-0.2, -0.15) is 0 Å². The Morgan fingerprint density at radius 2 is 1.82 bits per heavy atom. The van der Waals surface area contributed by atoms with Crippen molar-refractivity contribution in [1.29, 1.82) is 0 Å². The Morgan fingerprint density at radius 3 is 2.41 bits per heavy atom. The molecule has 0 atom stereocenters. The number of carbonyl (C=O) groups is 2. The smallest absolute Gasteiger partial charge is 0.308 e. The van der Waals surface area contributed by atoms with E-state index in [9.17, 15) is 14.0 Å². The van der Waals surface area contributed by atoms with Crippen molar-refractivity contribution < 1.29 is 23.5 Å². The normalized spacial score (nSPS) is 10.2. The van der Waals surface area contributed by atoms with E-state index in [-0.39, 0.29) is 16.9 Å². The molecule has 2 aromatic carbocycles. The highest BCUT2D eigenvalue weighted by Gasteiger charge is 2.19. The maximum atomic E-state index is 13.9. The first-order chi connectivity index (χ1) is 10.4. The van der Waals surface area contributed by atoms with Crippen LogP contribution in [0.4, 0.5) is 4.39 Å². The molecule has 0 saturated carbocycles. The summed E-state index contributed by atoms with van der Waals surface area (Å²) in [6, 6.07) is 8.81. The minimum Gasteiger partial charge on any atom is -0.493 e. The van der Waals surface area contributed by atoms with Gasteiger partial charge in [-0.15, -0.1) is 0 Å². The maximum absolute atomic E-state index is 13.9. The third kappa shape index (κ3) is 3.14. The van der Waals surface area contributed by atoms with Gasteiger partial charge in [0.15, 0.2) is 17.3 Å². The van der Waals surface area contributed by atoms with Crippen molar-refractivity contribution in [1.82, 2.24) is 0 Å². The van der Waals surface area contributed by atoms with Crippen LogP contribution < -0.4 is 9.47 Å². The lowest BCUT2D eigenvalue weighted by atomic mass is 9.98. The number of ether oxygens (including phenoxy) is 2. The third-order valence-corrected chi connectivity index (χ3v) is 3.13. The van der Waals surface area contributed by atoms with Crippen molar-refractivity contribution in [3.05, 3.63) is 58.9 Å². The van der Waals surface area contributed by atoms with Crippen molar-refractivity contribution in [2.24, 2.45) is 0 Å². The quantitative estimate of drug-likeness (QED) is 0.494. The summed E-state index contributed by atoms with van der Waals surface area (Å²) in [6.07, 6.45) is 0. The van der Waals surface area contributed by atoms with Gasteiger partial charge >= 0.3 is 5.97 Å². The molecule has 0 fully saturated rings. The second-order valence-electron chi connectivity index (χ2n) is 4.72. The Bertz CT molecular complexity index is 717. The molecular formula is C17H15FO4. The molecule has 0 bridgehead atoms. The molecule has 0 aliphatic carbocycles. The summed E-state index contributed by atoms with van der Waals surface area (Å²) in [6.45, 7) is 2.90. The zero-order valence-corrected chi connectivity index (χ0v) is 12.5. The van der Waals surface area contributed by atoms with Crippen molar-refractivity contribution >= 4 is 11.8 Å². The Morgan fingerprint density at radius 1 is 1.09 bits per heavy atom. The van der Waals surface area contributed by atoms with Crippen LogP contribution in [0.3, 0.4) is 0 Å². The van der Waals surface area contributed by atoms with Gasteiger partial charge < -0.3 is 9.47 Å². The lowest BCUT2D eigenvalue weighted by Crippen LogP contribution is -2.09. The Hall–Kier alpha value is -2.69. The minimum absolute atomic E-state index is 0.00134. The molecule has 4 nitrogen and oxygen atoms in total. The predicted molar refractivity (Wildman–Crippen MR) is 78.9 cm³/mol. The highest BCUT2D eigenvalue weighted by molar-refractivity contribution is 6.10. The third-order valence-electron chi connectivity index (χ3n) is 3.13. The number of ketones is 1. The molecule has 0 spiro atoms. The molecule has 2 aromatic rings. The molecule has 0 heterocycles. The molecule has 0 aliphatic rings. The highest BCUT2D eigenvalue weighted by Crippen LogP contribution is 2.30. The first-order valence-electron chi connectivity index (χ1n) is 6.60. The molecule has 0 radical (unpaired) electrons. The lowest BCUT2D eigenvalue weighted by molar-refractivity contribution is -0.132. The standard InChI is InChI=1S/C17H15FO4/c1-10-5-4-6-13(18)16(10)17(20)12-7-8-14(21-3)15(9-12)22-11(2)19/h4-9H,1-3H3. The topological polar surface area (TPSA) is 52.6 Å². The SMILES string of the molecule is COc1ccc(C(=O)c2c(C)cccc2F)cc1OC(C)=O. The van der Waals surface area contributed by atoms with E-state index in [0.717, 1.165) is 0 Å². The van der Waals surface area contributed by atoms with Crippen LogP contribution in [-0.4, -0.2) is 18.9 Å². The van der Waals surface area contributed by atoms with Crippen LogP contribution >= 0.6 is 0 Å². The molecular weight excluding hydrogens is 287 g/mol. The van der Waals surface area contributed by atoms with E-state index in [1.54, 1.807) is 19.1 Å². The lowest BCUT2D eigenvalue weighted by Gasteiger charge is -2.11. The van der Waals surface area contributed by atoms with Gasteiger partial charge in [-0.25, -0.2) is 4.39 Å². The van der Waals surface area contributed by atoms with Gasteiger partial charge in [-0.3, -0.25) is 9.59 Å². The van der Waals surface area contributed by atoms with Gasteiger partial charge in [0, 0.05) is 12.5 Å². The molecule has 114 valence electrons. The van der Waals surface area contributed by atoms with Crippen LogP contribution in [0.5, 0.6) is 11.5 Å². The number of aryl methyl sites for hydroxylation is 1. The first kappa shape index (κ1) is 15.7. The van der Waals surface area contributed by atoms with Crippen molar-refractivity contribution in [2.75, 3.05) is 7.11 Å². The number of hydrogen-bond donors (Lipinski definition) is 0. The number of halogens is 1. The number of carbonyl (C=O) groups excluding carboxylic acids is 2. The number of rotatable bonds is 4. The van der Waals surface area contributed by atoms with Crippen LogP contribution in [0.1, 0.15) is 28.4 Å². The summed E-state index contributed by atoms with van der Waals surface area (Å²) < 4.78 is 24.0. The fourth-order valence-electron chi connectivity index (χ4n) is 2.12. The zero-order chi connectivity index (χ0) is 16.3. The molecule has 0 aliphatic heterocycles. The summed E-state index contributed by atoms with van der Waals surface area (Å²) in [5.41, 5.74) is 0.751. The number of methoxy groups -OCH3 is 1. The number of esters is 1. The fourth-order valence-corrected chi connectivity index (χ4v) is 2.12. The number of benzene rings is 2. The molecule has 0 N–H and O–H groups in total. The van der Waals surface area contributed by atoms with Crippen molar-refractivity contribution in [3.8, 4) is 11.5 Å². The first-order valence-corrected chi connectivity index (χ1v) is 6.60. The van der Waals surface area contributed by atoms with E-state index in [0.29, 0.717) is 11.3 Å². The Balaban J connectivity index is 2.48. The molecule has 22 heavy (non-hydrogen) atoms. The zero-order valence-electron chi connectivity index (χ0n) is 12.5. The predicted octanol–water partition coefficient (Wildman–Crippen LogP) is 3.30. The summed E-state index contributed by atoms with van der Waals surface area (Å²) in [7, 11) is 1.42. The van der Waals surface area contributed by atoms with E-state index in [1.807, 2.05) is 0 Å². The average Bonchev–Trinajstić information content (AvgIpc) is 2.46. The van der Waals surface area contributed by atoms with E-state index in [4.69, 9.17) is 9.47 Å². The van der Waals surface area contributed by atoms with E-state index in [1.165, 1.54) is 38.3 Å². The van der Waals surface area contributed by atoms with Crippen LogP contribution in [0.2, 0.25) is 0 Å². The minimum atomic E-state index is -0.588. The summed E-state index contributed by atoms with van der Waals surface area (Å²) in [4.78, 5) is 23.6. The van der Waals surface area contributed by atoms with Gasteiger partial charge in [0.25, 0.3) is 0 Å². The van der Waals surface area contributed by atoms with Gasteiger partial charge in [0.05, 0.1) is 12.7 Å². The van der Waals surface area contributed by atoms with Gasteiger partial charge in [0.1, 0.15) is 5.82 Å². The second kappa shape index (κ2) is 6.39. The van der Waals surface area contributed by atoms with Gasteiger partial charge in [-0.1, -0.05) is 12.1 Å². The molecule has 0 aromatic heterocycles. The summed E-state index contributed by atoms with van der Waals surface area (Å²) in [5.74, 6) is -1.17. The van der Waals surface area contributed by atoms with Crippen molar-refractivity contribution in [3.63, 3.8) is 0 Å². The van der Waals surface area contributed by atoms with E-state index in [2.05, 4.69) is 0 Å². The fraction of sp³-hybridized carbons (Fsp3) is 0.176. The average molecular weight is 302 g/mol. The maximum Gasteiger partial charge on any atom is 0.308 e. The largest absolute Gasteiger partial charge is 0.493 e. The van der Waals surface area contributed by atoms with Crippen molar-refractivity contribution in [2.45, 2.75) is 13.8 Å². The number of hydrogen-bond acceptors (Lipinski definition) is 4. The van der Waals surface area contributed by atoms with Gasteiger partial charge in [0.2, 0.25) is 0 Å².